The largest absolute Gasteiger partial charge is 0.506 e. The van der Waals surface area contributed by atoms with Crippen molar-refractivity contribution in [3.8, 4) is 5.75 Å². The summed E-state index contributed by atoms with van der Waals surface area (Å²) < 4.78 is 4.84. The molecule has 0 aliphatic carbocycles. The minimum atomic E-state index is -0.837. The van der Waals surface area contributed by atoms with Gasteiger partial charge in [-0.25, -0.2) is 0 Å². The molecule has 0 saturated heterocycles. The van der Waals surface area contributed by atoms with Crippen LogP contribution >= 0.6 is 23.2 Å². The summed E-state index contributed by atoms with van der Waals surface area (Å²) >= 11 is 11.7. The molecule has 0 aliphatic rings. The highest BCUT2D eigenvalue weighted by Crippen LogP contribution is 2.36. The van der Waals surface area contributed by atoms with Gasteiger partial charge in [-0.2, -0.15) is 0 Å². The van der Waals surface area contributed by atoms with Gasteiger partial charge in [0, 0.05) is 10.6 Å². The van der Waals surface area contributed by atoms with Crippen molar-refractivity contribution in [3.05, 3.63) is 27.7 Å². The zero-order valence-electron chi connectivity index (χ0n) is 11.4. The van der Waals surface area contributed by atoms with Crippen molar-refractivity contribution >= 4 is 35.1 Å². The molecule has 21 heavy (non-hydrogen) atoms. The van der Waals surface area contributed by atoms with E-state index >= 15 is 0 Å². The molecular weight excluding hydrogens is 319 g/mol. The van der Waals surface area contributed by atoms with Crippen molar-refractivity contribution < 1.29 is 19.4 Å². The molecule has 1 aromatic rings. The van der Waals surface area contributed by atoms with Gasteiger partial charge in [0.05, 0.1) is 30.6 Å². The lowest BCUT2D eigenvalue weighted by atomic mass is 10.0. The average Bonchev–Trinajstić information content (AvgIpc) is 2.42. The van der Waals surface area contributed by atoms with Crippen LogP contribution in [0.25, 0.3) is 0 Å². The summed E-state index contributed by atoms with van der Waals surface area (Å²) in [6.45, 7) is 1.62. The van der Waals surface area contributed by atoms with Crippen molar-refractivity contribution in [2.45, 2.75) is 19.4 Å². The van der Waals surface area contributed by atoms with Gasteiger partial charge in [-0.1, -0.05) is 23.2 Å². The van der Waals surface area contributed by atoms with E-state index in [1.807, 2.05) is 0 Å². The molecule has 0 bridgehead atoms. The molecule has 8 heteroatoms. The molecule has 0 aromatic heterocycles. The number of esters is 1. The van der Waals surface area contributed by atoms with E-state index in [1.165, 1.54) is 12.1 Å². The molecule has 0 heterocycles. The summed E-state index contributed by atoms with van der Waals surface area (Å²) in [7, 11) is 0. The fourth-order valence-corrected chi connectivity index (χ4v) is 2.24. The summed E-state index contributed by atoms with van der Waals surface area (Å²) in [6.07, 6.45) is -0.177. The smallest absolute Gasteiger partial charge is 0.308 e. The summed E-state index contributed by atoms with van der Waals surface area (Å²) in [5, 5.41) is 12.8. The Bertz CT molecular complexity index is 537. The van der Waals surface area contributed by atoms with E-state index in [2.05, 4.69) is 5.32 Å². The van der Waals surface area contributed by atoms with E-state index in [0.717, 1.165) is 0 Å². The number of carbonyl (C=O) groups excluding carboxylic acids is 2. The number of rotatable bonds is 6. The zero-order valence-corrected chi connectivity index (χ0v) is 12.9. The number of hydrogen-bond donors (Lipinski definition) is 3. The number of hydrogen-bond acceptors (Lipinski definition) is 5. The lowest BCUT2D eigenvalue weighted by Gasteiger charge is -2.20. The normalized spacial score (nSPS) is 11.8. The van der Waals surface area contributed by atoms with Gasteiger partial charge in [-0.3, -0.25) is 9.59 Å². The maximum atomic E-state index is 11.6. The highest BCUT2D eigenvalue weighted by atomic mass is 35.5. The van der Waals surface area contributed by atoms with Gasteiger partial charge >= 0.3 is 5.97 Å². The Balaban J connectivity index is 3.10. The first-order valence-corrected chi connectivity index (χ1v) is 6.97. The Hall–Kier alpha value is -1.50. The van der Waals surface area contributed by atoms with E-state index in [-0.39, 0.29) is 40.9 Å². The number of carbonyl (C=O) groups is 2. The molecule has 0 radical (unpaired) electrons. The molecule has 1 rings (SSSR count). The molecule has 0 fully saturated rings. The number of phenols is 1. The Morgan fingerprint density at radius 3 is 2.67 bits per heavy atom. The van der Waals surface area contributed by atoms with Crippen LogP contribution in [0, 0.1) is 0 Å². The van der Waals surface area contributed by atoms with Crippen molar-refractivity contribution in [1.82, 2.24) is 5.32 Å². The van der Waals surface area contributed by atoms with Crippen LogP contribution in [-0.2, 0) is 14.3 Å². The molecule has 0 spiro atoms. The maximum absolute atomic E-state index is 11.6. The second-order valence-corrected chi connectivity index (χ2v) is 5.00. The number of phenolic OH excluding ortho intramolecular Hbond substituents is 1. The molecule has 1 aromatic carbocycles. The van der Waals surface area contributed by atoms with Gasteiger partial charge in [0.1, 0.15) is 5.75 Å². The number of halogens is 2. The first kappa shape index (κ1) is 17.6. The van der Waals surface area contributed by atoms with Crippen molar-refractivity contribution in [2.24, 2.45) is 5.73 Å². The number of ether oxygens (including phenoxy) is 1. The molecule has 4 N–H and O–H groups in total. The van der Waals surface area contributed by atoms with E-state index in [9.17, 15) is 14.7 Å². The standard InChI is InChI=1S/C13H16Cl2N2O4/c1-2-21-12(19)5-10(17-11(18)6-16)8-3-7(14)4-9(15)13(8)20/h3-4,10,20H,2,5-6,16H2,1H3,(H,17,18)/t10-/m0/s1. The minimum Gasteiger partial charge on any atom is -0.506 e. The van der Waals surface area contributed by atoms with E-state index in [1.54, 1.807) is 6.92 Å². The Labute approximate surface area is 132 Å². The predicted molar refractivity (Wildman–Crippen MR) is 79.3 cm³/mol. The third-order valence-corrected chi connectivity index (χ3v) is 3.14. The Morgan fingerprint density at radius 2 is 2.10 bits per heavy atom. The van der Waals surface area contributed by atoms with E-state index < -0.39 is 17.9 Å². The van der Waals surface area contributed by atoms with Crippen LogP contribution in [-0.4, -0.2) is 30.1 Å². The number of nitrogens with one attached hydrogen (secondary N) is 1. The SMILES string of the molecule is CCOC(=O)C[C@H](NC(=O)CN)c1cc(Cl)cc(Cl)c1O. The van der Waals surface area contributed by atoms with Crippen LogP contribution in [0.3, 0.4) is 0 Å². The molecule has 6 nitrogen and oxygen atoms in total. The molecule has 1 atom stereocenters. The molecule has 1 amide bonds. The number of amides is 1. The van der Waals surface area contributed by atoms with Crippen LogP contribution in [0.1, 0.15) is 24.9 Å². The quantitative estimate of drug-likeness (QED) is 0.688. The topological polar surface area (TPSA) is 102 Å². The lowest BCUT2D eigenvalue weighted by Crippen LogP contribution is -2.35. The van der Waals surface area contributed by atoms with Crippen molar-refractivity contribution in [2.75, 3.05) is 13.2 Å². The summed E-state index contributed by atoms with van der Waals surface area (Å²) in [5.41, 5.74) is 5.47. The molecule has 116 valence electrons. The second-order valence-electron chi connectivity index (χ2n) is 4.16. The highest BCUT2D eigenvalue weighted by Gasteiger charge is 2.23. The fraction of sp³-hybridized carbons (Fsp3) is 0.385. The molecule has 0 aliphatic heterocycles. The van der Waals surface area contributed by atoms with Gasteiger partial charge in [0.25, 0.3) is 0 Å². The van der Waals surface area contributed by atoms with Gasteiger partial charge in [0.2, 0.25) is 5.91 Å². The zero-order chi connectivity index (χ0) is 16.0. The van der Waals surface area contributed by atoms with E-state index in [0.29, 0.717) is 0 Å². The van der Waals surface area contributed by atoms with Crippen LogP contribution in [0.4, 0.5) is 0 Å². The minimum absolute atomic E-state index is 0.0216. The fourth-order valence-electron chi connectivity index (χ4n) is 1.73. The third kappa shape index (κ3) is 5.08. The van der Waals surface area contributed by atoms with Gasteiger partial charge in [-0.15, -0.1) is 0 Å². The van der Waals surface area contributed by atoms with Crippen LogP contribution in [0.2, 0.25) is 10.0 Å². The van der Waals surface area contributed by atoms with Crippen molar-refractivity contribution in [1.29, 1.82) is 0 Å². The predicted octanol–water partition coefficient (Wildman–Crippen LogP) is 1.77. The lowest BCUT2D eigenvalue weighted by molar-refractivity contribution is -0.143. The number of nitrogens with two attached hydrogens (primary N) is 1. The highest BCUT2D eigenvalue weighted by molar-refractivity contribution is 6.35. The first-order chi connectivity index (χ1) is 9.88. The third-order valence-electron chi connectivity index (χ3n) is 2.63. The summed E-state index contributed by atoms with van der Waals surface area (Å²) in [6, 6.07) is 1.94. The molecule has 0 saturated carbocycles. The average molecular weight is 335 g/mol. The van der Waals surface area contributed by atoms with Gasteiger partial charge in [0.15, 0.2) is 0 Å². The van der Waals surface area contributed by atoms with Gasteiger partial charge < -0.3 is 20.9 Å². The Morgan fingerprint density at radius 1 is 1.43 bits per heavy atom. The van der Waals surface area contributed by atoms with Crippen LogP contribution in [0.5, 0.6) is 5.75 Å². The van der Waals surface area contributed by atoms with E-state index in [4.69, 9.17) is 33.7 Å². The number of benzene rings is 1. The first-order valence-electron chi connectivity index (χ1n) is 6.22. The summed E-state index contributed by atoms with van der Waals surface area (Å²) in [4.78, 5) is 23.1. The van der Waals surface area contributed by atoms with Gasteiger partial charge in [-0.05, 0) is 19.1 Å². The summed E-state index contributed by atoms with van der Waals surface area (Å²) in [5.74, 6) is -1.28. The second kappa shape index (κ2) is 8.07. The maximum Gasteiger partial charge on any atom is 0.308 e. The Kier molecular flexibility index (Phi) is 6.74. The van der Waals surface area contributed by atoms with Crippen molar-refractivity contribution in [3.63, 3.8) is 0 Å². The van der Waals surface area contributed by atoms with Crippen LogP contribution in [0.15, 0.2) is 12.1 Å². The molecule has 0 unspecified atom stereocenters. The van der Waals surface area contributed by atoms with Crippen LogP contribution < -0.4 is 11.1 Å². The molecular formula is C13H16Cl2N2O4. The number of aromatic hydroxyl groups is 1. The monoisotopic (exact) mass is 334 g/mol.